The maximum absolute atomic E-state index is 11.9. The first-order valence-electron chi connectivity index (χ1n) is 8.98. The first kappa shape index (κ1) is 18.6. The summed E-state index contributed by atoms with van der Waals surface area (Å²) in [4.78, 5) is 34.9. The SMILES string of the molecule is O=C(CCCc1ccc2c(c1)CC(=O)N2)NCC(=O)OCc1ccccc1. The van der Waals surface area contributed by atoms with Gasteiger partial charge in [0.2, 0.25) is 11.8 Å². The Labute approximate surface area is 157 Å². The molecule has 2 amide bonds. The second-order valence-electron chi connectivity index (χ2n) is 6.49. The molecule has 0 unspecified atom stereocenters. The molecule has 0 bridgehead atoms. The molecule has 1 heterocycles. The molecule has 1 aliphatic heterocycles. The normalized spacial score (nSPS) is 12.2. The number of esters is 1. The number of carbonyl (C=O) groups is 3. The Hall–Kier alpha value is -3.15. The van der Waals surface area contributed by atoms with Crippen LogP contribution < -0.4 is 10.6 Å². The zero-order chi connectivity index (χ0) is 19.1. The van der Waals surface area contributed by atoms with Gasteiger partial charge in [0.1, 0.15) is 13.2 Å². The Balaban J connectivity index is 1.32. The van der Waals surface area contributed by atoms with E-state index < -0.39 is 5.97 Å². The molecule has 0 saturated carbocycles. The second-order valence-corrected chi connectivity index (χ2v) is 6.49. The summed E-state index contributed by atoms with van der Waals surface area (Å²) in [5.41, 5.74) is 3.88. The average Bonchev–Trinajstić information content (AvgIpc) is 3.05. The fraction of sp³-hybridized carbons (Fsp3) is 0.286. The Morgan fingerprint density at radius 3 is 2.70 bits per heavy atom. The number of hydrogen-bond donors (Lipinski definition) is 2. The fourth-order valence-corrected chi connectivity index (χ4v) is 2.94. The van der Waals surface area contributed by atoms with Crippen LogP contribution in [0.3, 0.4) is 0 Å². The summed E-state index contributed by atoms with van der Waals surface area (Å²) < 4.78 is 5.12. The standard InChI is InChI=1S/C21H22N2O4/c24-19(22-13-21(26)27-14-16-5-2-1-3-6-16)8-4-7-15-9-10-18-17(11-15)12-20(25)23-18/h1-3,5-6,9-11H,4,7-8,12-14H2,(H,22,24)(H,23,25). The van der Waals surface area contributed by atoms with Crippen molar-refractivity contribution in [3.05, 3.63) is 65.2 Å². The third-order valence-corrected chi connectivity index (χ3v) is 4.34. The van der Waals surface area contributed by atoms with Crippen molar-refractivity contribution in [2.45, 2.75) is 32.3 Å². The number of aryl methyl sites for hydroxylation is 1. The number of fused-ring (bicyclic) bond motifs is 1. The van der Waals surface area contributed by atoms with E-state index in [9.17, 15) is 14.4 Å². The Bertz CT molecular complexity index is 833. The first-order chi connectivity index (χ1) is 13.1. The van der Waals surface area contributed by atoms with Gasteiger partial charge < -0.3 is 15.4 Å². The van der Waals surface area contributed by atoms with Gasteiger partial charge in [-0.25, -0.2) is 0 Å². The van der Waals surface area contributed by atoms with E-state index in [4.69, 9.17) is 4.74 Å². The minimum Gasteiger partial charge on any atom is -0.460 e. The van der Waals surface area contributed by atoms with E-state index in [0.717, 1.165) is 28.8 Å². The fourth-order valence-electron chi connectivity index (χ4n) is 2.94. The molecule has 2 N–H and O–H groups in total. The average molecular weight is 366 g/mol. The van der Waals surface area contributed by atoms with Crippen molar-refractivity contribution in [3.8, 4) is 0 Å². The molecule has 2 aromatic carbocycles. The van der Waals surface area contributed by atoms with Gasteiger partial charge in [-0.2, -0.15) is 0 Å². The van der Waals surface area contributed by atoms with Crippen molar-refractivity contribution in [2.75, 3.05) is 11.9 Å². The largest absolute Gasteiger partial charge is 0.460 e. The van der Waals surface area contributed by atoms with Crippen LogP contribution in [0.15, 0.2) is 48.5 Å². The van der Waals surface area contributed by atoms with Gasteiger partial charge in [0.05, 0.1) is 6.42 Å². The molecule has 0 fully saturated rings. The minimum atomic E-state index is -0.456. The number of ether oxygens (including phenoxy) is 1. The third kappa shape index (κ3) is 5.67. The van der Waals surface area contributed by atoms with Gasteiger partial charge in [-0.1, -0.05) is 42.5 Å². The van der Waals surface area contributed by atoms with E-state index in [1.54, 1.807) is 0 Å². The lowest BCUT2D eigenvalue weighted by molar-refractivity contribution is -0.145. The highest BCUT2D eigenvalue weighted by Gasteiger charge is 2.17. The summed E-state index contributed by atoms with van der Waals surface area (Å²) in [6.07, 6.45) is 2.16. The van der Waals surface area contributed by atoms with E-state index in [1.807, 2.05) is 48.5 Å². The summed E-state index contributed by atoms with van der Waals surface area (Å²) in [7, 11) is 0. The number of amides is 2. The van der Waals surface area contributed by atoms with Gasteiger partial charge in [0.15, 0.2) is 0 Å². The van der Waals surface area contributed by atoms with Crippen molar-refractivity contribution < 1.29 is 19.1 Å². The van der Waals surface area contributed by atoms with Crippen molar-refractivity contribution >= 4 is 23.5 Å². The third-order valence-electron chi connectivity index (χ3n) is 4.34. The van der Waals surface area contributed by atoms with Crippen LogP contribution in [0.25, 0.3) is 0 Å². The smallest absolute Gasteiger partial charge is 0.325 e. The molecular formula is C21H22N2O4. The van der Waals surface area contributed by atoms with Crippen LogP contribution in [-0.2, 0) is 38.6 Å². The summed E-state index contributed by atoms with van der Waals surface area (Å²) >= 11 is 0. The van der Waals surface area contributed by atoms with Crippen LogP contribution in [0.4, 0.5) is 5.69 Å². The molecule has 6 nitrogen and oxygen atoms in total. The number of rotatable bonds is 8. The molecular weight excluding hydrogens is 344 g/mol. The molecule has 0 aliphatic carbocycles. The maximum atomic E-state index is 11.9. The lowest BCUT2D eigenvalue weighted by Gasteiger charge is -2.07. The van der Waals surface area contributed by atoms with Crippen LogP contribution >= 0.6 is 0 Å². The van der Waals surface area contributed by atoms with Crippen molar-refractivity contribution in [1.82, 2.24) is 5.32 Å². The molecule has 27 heavy (non-hydrogen) atoms. The summed E-state index contributed by atoms with van der Waals surface area (Å²) in [6, 6.07) is 15.3. The topological polar surface area (TPSA) is 84.5 Å². The number of carbonyl (C=O) groups excluding carboxylic acids is 3. The van der Waals surface area contributed by atoms with Gasteiger partial charge in [-0.15, -0.1) is 0 Å². The van der Waals surface area contributed by atoms with E-state index in [-0.39, 0.29) is 25.0 Å². The quantitative estimate of drug-likeness (QED) is 0.703. The van der Waals surface area contributed by atoms with Crippen LogP contribution in [0.2, 0.25) is 0 Å². The van der Waals surface area contributed by atoms with Crippen LogP contribution in [0.5, 0.6) is 0 Å². The lowest BCUT2D eigenvalue weighted by Crippen LogP contribution is -2.30. The van der Waals surface area contributed by atoms with Crippen LogP contribution in [-0.4, -0.2) is 24.3 Å². The van der Waals surface area contributed by atoms with E-state index in [0.29, 0.717) is 19.3 Å². The molecule has 6 heteroatoms. The molecule has 0 aromatic heterocycles. The highest BCUT2D eigenvalue weighted by atomic mass is 16.5. The number of anilines is 1. The predicted molar refractivity (Wildman–Crippen MR) is 101 cm³/mol. The van der Waals surface area contributed by atoms with E-state index in [1.165, 1.54) is 0 Å². The van der Waals surface area contributed by atoms with Gasteiger partial charge in [-0.3, -0.25) is 14.4 Å². The number of nitrogens with one attached hydrogen (secondary N) is 2. The molecule has 0 saturated heterocycles. The van der Waals surface area contributed by atoms with E-state index in [2.05, 4.69) is 10.6 Å². The van der Waals surface area contributed by atoms with Gasteiger partial charge in [0.25, 0.3) is 0 Å². The number of hydrogen-bond acceptors (Lipinski definition) is 4. The van der Waals surface area contributed by atoms with Gasteiger partial charge in [0, 0.05) is 12.1 Å². The molecule has 1 aliphatic rings. The molecule has 140 valence electrons. The van der Waals surface area contributed by atoms with Crippen LogP contribution in [0.1, 0.15) is 29.5 Å². The molecule has 3 rings (SSSR count). The lowest BCUT2D eigenvalue weighted by atomic mass is 10.0. The maximum Gasteiger partial charge on any atom is 0.325 e. The zero-order valence-corrected chi connectivity index (χ0v) is 15.0. The summed E-state index contributed by atoms with van der Waals surface area (Å²) in [5, 5.41) is 5.38. The monoisotopic (exact) mass is 366 g/mol. The molecule has 0 radical (unpaired) electrons. The summed E-state index contributed by atoms with van der Waals surface area (Å²) in [5.74, 6) is -0.617. The van der Waals surface area contributed by atoms with Crippen molar-refractivity contribution in [3.63, 3.8) is 0 Å². The highest BCUT2D eigenvalue weighted by Crippen LogP contribution is 2.24. The summed E-state index contributed by atoms with van der Waals surface area (Å²) in [6.45, 7) is 0.0729. The number of benzene rings is 2. The second kappa shape index (κ2) is 8.98. The van der Waals surface area contributed by atoms with Gasteiger partial charge >= 0.3 is 5.97 Å². The zero-order valence-electron chi connectivity index (χ0n) is 15.0. The van der Waals surface area contributed by atoms with Crippen molar-refractivity contribution in [1.29, 1.82) is 0 Å². The van der Waals surface area contributed by atoms with Crippen molar-refractivity contribution in [2.24, 2.45) is 0 Å². The Morgan fingerprint density at radius 2 is 1.89 bits per heavy atom. The van der Waals surface area contributed by atoms with Crippen LogP contribution in [0, 0.1) is 0 Å². The van der Waals surface area contributed by atoms with E-state index >= 15 is 0 Å². The van der Waals surface area contributed by atoms with Gasteiger partial charge in [-0.05, 0) is 35.6 Å². The Morgan fingerprint density at radius 1 is 1.07 bits per heavy atom. The first-order valence-corrected chi connectivity index (χ1v) is 8.98. The molecule has 0 spiro atoms. The highest BCUT2D eigenvalue weighted by molar-refractivity contribution is 5.99. The Kier molecular flexibility index (Phi) is 6.20. The predicted octanol–water partition coefficient (Wildman–Crippen LogP) is 2.36. The molecule has 0 atom stereocenters. The molecule has 2 aromatic rings. The minimum absolute atomic E-state index is 0.0145.